The first-order valence-corrected chi connectivity index (χ1v) is 4.85. The normalized spacial score (nSPS) is 14.9. The Morgan fingerprint density at radius 1 is 1.29 bits per heavy atom. The Labute approximate surface area is 85.9 Å². The number of carbonyl (C=O) groups is 1. The minimum absolute atomic E-state index is 0.0306. The molecule has 0 unspecified atom stereocenters. The third-order valence-electron chi connectivity index (χ3n) is 2.36. The summed E-state index contributed by atoms with van der Waals surface area (Å²) in [6.07, 6.45) is 3.59. The maximum Gasteiger partial charge on any atom is 0.354 e. The van der Waals surface area contributed by atoms with Crippen molar-refractivity contribution >= 4 is 17.6 Å². The first-order valence-electron chi connectivity index (χ1n) is 4.47. The van der Waals surface area contributed by atoms with Gasteiger partial charge in [0, 0.05) is 11.3 Å². The van der Waals surface area contributed by atoms with Gasteiger partial charge < -0.3 is 5.11 Å². The molecule has 5 heteroatoms. The molecule has 0 aromatic carbocycles. The molecule has 74 valence electrons. The van der Waals surface area contributed by atoms with Crippen LogP contribution >= 0.6 is 11.6 Å². The van der Waals surface area contributed by atoms with Gasteiger partial charge in [0.15, 0.2) is 5.69 Å². The van der Waals surface area contributed by atoms with Gasteiger partial charge in [-0.2, -0.15) is 0 Å². The van der Waals surface area contributed by atoms with Gasteiger partial charge in [-0.3, -0.25) is 0 Å². The molecule has 1 heterocycles. The average Bonchev–Trinajstić information content (AvgIpc) is 2.16. The average molecular weight is 213 g/mol. The summed E-state index contributed by atoms with van der Waals surface area (Å²) >= 11 is 5.64. The smallest absolute Gasteiger partial charge is 0.354 e. The van der Waals surface area contributed by atoms with Crippen molar-refractivity contribution in [2.75, 3.05) is 0 Å². The number of carboxylic acid groups (broad SMARTS) is 1. The number of halogens is 1. The predicted molar refractivity (Wildman–Crippen MR) is 50.6 cm³/mol. The molecule has 2 rings (SSSR count). The molecule has 4 nitrogen and oxygen atoms in total. The molecule has 14 heavy (non-hydrogen) atoms. The first-order chi connectivity index (χ1) is 6.68. The number of aromatic carboxylic acids is 1. The van der Waals surface area contributed by atoms with Gasteiger partial charge >= 0.3 is 5.97 Å². The molecule has 0 bridgehead atoms. The summed E-state index contributed by atoms with van der Waals surface area (Å²) in [5, 5.41) is 8.95. The highest BCUT2D eigenvalue weighted by Gasteiger charge is 2.20. The molecule has 0 amide bonds. The second kappa shape index (κ2) is 3.53. The van der Waals surface area contributed by atoms with Gasteiger partial charge in [0.1, 0.15) is 0 Å². The van der Waals surface area contributed by atoms with E-state index in [-0.39, 0.29) is 11.0 Å². The summed E-state index contributed by atoms with van der Waals surface area (Å²) in [6, 6.07) is 0. The van der Waals surface area contributed by atoms with E-state index in [9.17, 15) is 4.79 Å². The van der Waals surface area contributed by atoms with Crippen LogP contribution in [0.4, 0.5) is 0 Å². The maximum atomic E-state index is 10.9. The van der Waals surface area contributed by atoms with Gasteiger partial charge in [-0.25, -0.2) is 14.8 Å². The van der Waals surface area contributed by atoms with E-state index < -0.39 is 5.97 Å². The van der Waals surface area contributed by atoms with E-state index in [4.69, 9.17) is 16.7 Å². The summed E-state index contributed by atoms with van der Waals surface area (Å²) in [6.45, 7) is 0. The Morgan fingerprint density at radius 2 is 2.00 bits per heavy atom. The molecule has 1 aliphatic carbocycles. The predicted octanol–water partition coefficient (Wildman–Crippen LogP) is 1.71. The van der Waals surface area contributed by atoms with Crippen molar-refractivity contribution in [3.05, 3.63) is 22.2 Å². The summed E-state index contributed by atoms with van der Waals surface area (Å²) in [4.78, 5) is 18.7. The minimum atomic E-state index is -1.02. The van der Waals surface area contributed by atoms with Crippen LogP contribution in [0.2, 0.25) is 5.28 Å². The maximum absolute atomic E-state index is 10.9. The van der Waals surface area contributed by atoms with Crippen molar-refractivity contribution < 1.29 is 9.90 Å². The lowest BCUT2D eigenvalue weighted by Gasteiger charge is -2.15. The first kappa shape index (κ1) is 9.40. The van der Waals surface area contributed by atoms with Crippen LogP contribution in [0.1, 0.15) is 34.6 Å². The number of aryl methyl sites for hydroxylation is 1. The highest BCUT2D eigenvalue weighted by atomic mass is 35.5. The SMILES string of the molecule is O=C(O)c1nc(Cl)nc2c1CCCC2. The van der Waals surface area contributed by atoms with E-state index in [0.717, 1.165) is 36.9 Å². The van der Waals surface area contributed by atoms with Crippen molar-refractivity contribution in [2.24, 2.45) is 0 Å². The van der Waals surface area contributed by atoms with E-state index in [1.807, 2.05) is 0 Å². The fourth-order valence-electron chi connectivity index (χ4n) is 1.74. The Hall–Kier alpha value is -1.16. The molecule has 0 saturated carbocycles. The van der Waals surface area contributed by atoms with Gasteiger partial charge in [-0.1, -0.05) is 0 Å². The van der Waals surface area contributed by atoms with Crippen LogP contribution in [0.3, 0.4) is 0 Å². The number of rotatable bonds is 1. The zero-order chi connectivity index (χ0) is 10.1. The third kappa shape index (κ3) is 1.57. The van der Waals surface area contributed by atoms with Crippen LogP contribution in [0.5, 0.6) is 0 Å². The van der Waals surface area contributed by atoms with E-state index in [1.54, 1.807) is 0 Å². The third-order valence-corrected chi connectivity index (χ3v) is 2.53. The number of nitrogens with zero attached hydrogens (tertiary/aromatic N) is 2. The van der Waals surface area contributed by atoms with Gasteiger partial charge in [-0.05, 0) is 37.3 Å². The van der Waals surface area contributed by atoms with E-state index in [1.165, 1.54) is 0 Å². The lowest BCUT2D eigenvalue weighted by atomic mass is 9.95. The van der Waals surface area contributed by atoms with Crippen LogP contribution in [0.15, 0.2) is 0 Å². The van der Waals surface area contributed by atoms with Crippen molar-refractivity contribution in [1.82, 2.24) is 9.97 Å². The van der Waals surface area contributed by atoms with E-state index in [2.05, 4.69) is 9.97 Å². The monoisotopic (exact) mass is 212 g/mol. The van der Waals surface area contributed by atoms with Crippen molar-refractivity contribution in [2.45, 2.75) is 25.7 Å². The number of hydrogen-bond donors (Lipinski definition) is 1. The molecule has 0 atom stereocenters. The Kier molecular flexibility index (Phi) is 2.37. The largest absolute Gasteiger partial charge is 0.476 e. The zero-order valence-corrected chi connectivity index (χ0v) is 8.21. The second-order valence-electron chi connectivity index (χ2n) is 3.28. The molecule has 1 aromatic heterocycles. The fourth-order valence-corrected chi connectivity index (χ4v) is 1.93. The van der Waals surface area contributed by atoms with Crippen LogP contribution in [0, 0.1) is 0 Å². The van der Waals surface area contributed by atoms with Gasteiger partial charge in [0.05, 0.1) is 0 Å². The summed E-state index contributed by atoms with van der Waals surface area (Å²) in [5.74, 6) is -1.02. The quantitative estimate of drug-likeness (QED) is 0.720. The fraction of sp³-hybridized carbons (Fsp3) is 0.444. The lowest BCUT2D eigenvalue weighted by molar-refractivity contribution is 0.0688. The van der Waals surface area contributed by atoms with Crippen LogP contribution in [-0.4, -0.2) is 21.0 Å². The molecule has 0 fully saturated rings. The molecule has 1 N–H and O–H groups in total. The van der Waals surface area contributed by atoms with Crippen molar-refractivity contribution in [1.29, 1.82) is 0 Å². The molecular formula is C9H9ClN2O2. The number of aromatic nitrogens is 2. The van der Waals surface area contributed by atoms with Crippen LogP contribution in [-0.2, 0) is 12.8 Å². The Morgan fingerprint density at radius 3 is 2.71 bits per heavy atom. The molecule has 0 radical (unpaired) electrons. The lowest BCUT2D eigenvalue weighted by Crippen LogP contribution is -2.14. The Balaban J connectivity index is 2.58. The summed E-state index contributed by atoms with van der Waals surface area (Å²) < 4.78 is 0. The van der Waals surface area contributed by atoms with E-state index >= 15 is 0 Å². The van der Waals surface area contributed by atoms with Crippen LogP contribution in [0.25, 0.3) is 0 Å². The molecule has 1 aromatic rings. The standard InChI is InChI=1S/C9H9ClN2O2/c10-9-11-6-4-2-1-3-5(6)7(12-9)8(13)14/h1-4H2,(H,13,14). The van der Waals surface area contributed by atoms with Gasteiger partial charge in [-0.15, -0.1) is 0 Å². The van der Waals surface area contributed by atoms with Crippen LogP contribution < -0.4 is 0 Å². The Bertz CT molecular complexity index is 393. The minimum Gasteiger partial charge on any atom is -0.476 e. The highest BCUT2D eigenvalue weighted by Crippen LogP contribution is 2.23. The second-order valence-corrected chi connectivity index (χ2v) is 3.62. The van der Waals surface area contributed by atoms with Gasteiger partial charge in [0.2, 0.25) is 5.28 Å². The topological polar surface area (TPSA) is 63.1 Å². The molecule has 1 aliphatic rings. The zero-order valence-electron chi connectivity index (χ0n) is 7.46. The van der Waals surface area contributed by atoms with Crippen molar-refractivity contribution in [3.8, 4) is 0 Å². The van der Waals surface area contributed by atoms with E-state index in [0.29, 0.717) is 0 Å². The van der Waals surface area contributed by atoms with Crippen molar-refractivity contribution in [3.63, 3.8) is 0 Å². The summed E-state index contributed by atoms with van der Waals surface area (Å²) in [7, 11) is 0. The number of hydrogen-bond acceptors (Lipinski definition) is 3. The molecular weight excluding hydrogens is 204 g/mol. The molecule has 0 saturated heterocycles. The number of fused-ring (bicyclic) bond motifs is 1. The highest BCUT2D eigenvalue weighted by molar-refractivity contribution is 6.28. The number of carboxylic acids is 1. The summed E-state index contributed by atoms with van der Waals surface area (Å²) in [5.41, 5.74) is 1.63. The molecule has 0 spiro atoms. The van der Waals surface area contributed by atoms with Gasteiger partial charge in [0.25, 0.3) is 0 Å². The molecule has 0 aliphatic heterocycles.